The fourth-order valence-corrected chi connectivity index (χ4v) is 2.71. The smallest absolute Gasteiger partial charge is 0.223 e. The number of nitrogens with zero attached hydrogens (tertiary/aromatic N) is 4. The van der Waals surface area contributed by atoms with Crippen molar-refractivity contribution in [2.45, 2.75) is 39.3 Å². The SMILES string of the molecule is CNC(=O)CCN1CC[C@H](N(Cc2noc(C)n2)C(C)=O)C1. The molecule has 1 fully saturated rings. The molecule has 0 aliphatic carbocycles. The van der Waals surface area contributed by atoms with E-state index in [-0.39, 0.29) is 17.9 Å². The molecule has 0 spiro atoms. The summed E-state index contributed by atoms with van der Waals surface area (Å²) in [6.07, 6.45) is 1.37. The van der Waals surface area contributed by atoms with Gasteiger partial charge in [0, 0.05) is 53.0 Å². The van der Waals surface area contributed by atoms with Crippen LogP contribution in [0.15, 0.2) is 4.52 Å². The van der Waals surface area contributed by atoms with Gasteiger partial charge in [-0.2, -0.15) is 4.98 Å². The van der Waals surface area contributed by atoms with Gasteiger partial charge >= 0.3 is 0 Å². The fourth-order valence-electron chi connectivity index (χ4n) is 2.71. The lowest BCUT2D eigenvalue weighted by atomic mass is 10.2. The third-order valence-corrected chi connectivity index (χ3v) is 3.91. The lowest BCUT2D eigenvalue weighted by molar-refractivity contribution is -0.131. The summed E-state index contributed by atoms with van der Waals surface area (Å²) in [7, 11) is 1.64. The Kier molecular flexibility index (Phi) is 5.48. The highest BCUT2D eigenvalue weighted by atomic mass is 16.5. The molecule has 1 N–H and O–H groups in total. The highest BCUT2D eigenvalue weighted by Gasteiger charge is 2.30. The van der Waals surface area contributed by atoms with E-state index in [4.69, 9.17) is 4.52 Å². The van der Waals surface area contributed by atoms with Crippen LogP contribution in [0.3, 0.4) is 0 Å². The molecule has 1 aromatic rings. The lowest BCUT2D eigenvalue weighted by Crippen LogP contribution is -2.40. The largest absolute Gasteiger partial charge is 0.359 e. The van der Waals surface area contributed by atoms with Crippen molar-refractivity contribution >= 4 is 11.8 Å². The first-order valence-corrected chi connectivity index (χ1v) is 7.49. The second kappa shape index (κ2) is 7.35. The van der Waals surface area contributed by atoms with Crippen molar-refractivity contribution in [3.63, 3.8) is 0 Å². The summed E-state index contributed by atoms with van der Waals surface area (Å²) in [6, 6.07) is 0.126. The van der Waals surface area contributed by atoms with Crippen LogP contribution in [0, 0.1) is 6.92 Å². The zero-order chi connectivity index (χ0) is 16.1. The summed E-state index contributed by atoms with van der Waals surface area (Å²) in [6.45, 7) is 6.01. The molecule has 1 aliphatic rings. The predicted octanol–water partition coefficient (Wildman–Crippen LogP) is -0.0631. The molecule has 2 amide bonds. The van der Waals surface area contributed by atoms with Crippen LogP contribution in [0.5, 0.6) is 0 Å². The van der Waals surface area contributed by atoms with Crippen LogP contribution in [0.25, 0.3) is 0 Å². The third-order valence-electron chi connectivity index (χ3n) is 3.91. The van der Waals surface area contributed by atoms with Gasteiger partial charge in [-0.3, -0.25) is 9.59 Å². The topological polar surface area (TPSA) is 91.6 Å². The molecule has 2 rings (SSSR count). The number of hydrogen-bond donors (Lipinski definition) is 1. The van der Waals surface area contributed by atoms with E-state index in [1.165, 1.54) is 0 Å². The number of nitrogens with one attached hydrogen (secondary N) is 1. The first-order chi connectivity index (χ1) is 10.5. The molecular formula is C14H23N5O3. The summed E-state index contributed by atoms with van der Waals surface area (Å²) in [5.41, 5.74) is 0. The second-order valence-corrected chi connectivity index (χ2v) is 5.54. The number of aryl methyl sites for hydroxylation is 1. The van der Waals surface area contributed by atoms with Crippen LogP contribution in [0.2, 0.25) is 0 Å². The molecule has 122 valence electrons. The minimum absolute atomic E-state index is 0.000560. The minimum atomic E-state index is 0.000560. The van der Waals surface area contributed by atoms with Gasteiger partial charge in [-0.25, -0.2) is 0 Å². The number of carbonyl (C=O) groups excluding carboxylic acids is 2. The molecule has 8 nitrogen and oxygen atoms in total. The van der Waals surface area contributed by atoms with Gasteiger partial charge in [-0.15, -0.1) is 0 Å². The Balaban J connectivity index is 1.90. The first kappa shape index (κ1) is 16.4. The van der Waals surface area contributed by atoms with Gasteiger partial charge in [0.15, 0.2) is 5.82 Å². The van der Waals surface area contributed by atoms with Crippen molar-refractivity contribution in [1.82, 2.24) is 25.3 Å². The van der Waals surface area contributed by atoms with E-state index in [1.807, 2.05) is 0 Å². The van der Waals surface area contributed by atoms with Crippen molar-refractivity contribution in [3.8, 4) is 0 Å². The van der Waals surface area contributed by atoms with Gasteiger partial charge in [0.2, 0.25) is 17.7 Å². The summed E-state index contributed by atoms with van der Waals surface area (Å²) in [5.74, 6) is 1.06. The Morgan fingerprint density at radius 2 is 2.27 bits per heavy atom. The summed E-state index contributed by atoms with van der Waals surface area (Å²) < 4.78 is 4.95. The molecule has 1 atom stereocenters. The van der Waals surface area contributed by atoms with E-state index >= 15 is 0 Å². The Morgan fingerprint density at radius 3 is 2.86 bits per heavy atom. The van der Waals surface area contributed by atoms with Gasteiger partial charge < -0.3 is 19.6 Å². The molecule has 1 saturated heterocycles. The minimum Gasteiger partial charge on any atom is -0.359 e. The number of hydrogen-bond acceptors (Lipinski definition) is 6. The van der Waals surface area contributed by atoms with E-state index in [9.17, 15) is 9.59 Å². The Hall–Kier alpha value is -1.96. The Bertz CT molecular complexity index is 530. The van der Waals surface area contributed by atoms with E-state index in [2.05, 4.69) is 20.4 Å². The molecule has 0 saturated carbocycles. The van der Waals surface area contributed by atoms with Gasteiger partial charge in [-0.1, -0.05) is 5.16 Å². The lowest BCUT2D eigenvalue weighted by Gasteiger charge is -2.27. The van der Waals surface area contributed by atoms with Crippen molar-refractivity contribution in [3.05, 3.63) is 11.7 Å². The van der Waals surface area contributed by atoms with Crippen LogP contribution in [0.4, 0.5) is 0 Å². The van der Waals surface area contributed by atoms with E-state index in [0.29, 0.717) is 31.2 Å². The summed E-state index contributed by atoms with van der Waals surface area (Å²) in [4.78, 5) is 31.4. The van der Waals surface area contributed by atoms with Crippen LogP contribution in [-0.2, 0) is 16.1 Å². The molecule has 1 aromatic heterocycles. The summed E-state index contributed by atoms with van der Waals surface area (Å²) in [5, 5.41) is 6.47. The Morgan fingerprint density at radius 1 is 1.50 bits per heavy atom. The van der Waals surface area contributed by atoms with Gasteiger partial charge in [0.1, 0.15) is 0 Å². The normalized spacial score (nSPS) is 18.4. The van der Waals surface area contributed by atoms with Gasteiger partial charge in [0.05, 0.1) is 6.54 Å². The highest BCUT2D eigenvalue weighted by molar-refractivity contribution is 5.75. The molecule has 22 heavy (non-hydrogen) atoms. The quantitative estimate of drug-likeness (QED) is 0.791. The molecule has 0 radical (unpaired) electrons. The standard InChI is InChI=1S/C14H23N5O3/c1-10-16-13(17-22-10)9-19(11(2)20)12-4-6-18(8-12)7-5-14(21)15-3/h12H,4-9H2,1-3H3,(H,15,21)/t12-/m0/s1. The molecule has 2 heterocycles. The number of aromatic nitrogens is 2. The van der Waals surface area contributed by atoms with Crippen LogP contribution in [0.1, 0.15) is 31.5 Å². The number of amides is 2. The predicted molar refractivity (Wildman–Crippen MR) is 78.8 cm³/mol. The molecular weight excluding hydrogens is 286 g/mol. The number of carbonyl (C=O) groups is 2. The van der Waals surface area contributed by atoms with Crippen molar-refractivity contribution in [1.29, 1.82) is 0 Å². The van der Waals surface area contributed by atoms with Gasteiger partial charge in [-0.05, 0) is 6.42 Å². The van der Waals surface area contributed by atoms with Crippen molar-refractivity contribution < 1.29 is 14.1 Å². The first-order valence-electron chi connectivity index (χ1n) is 7.49. The van der Waals surface area contributed by atoms with Crippen LogP contribution < -0.4 is 5.32 Å². The van der Waals surface area contributed by atoms with Crippen LogP contribution >= 0.6 is 0 Å². The maximum absolute atomic E-state index is 11.9. The molecule has 8 heteroatoms. The highest BCUT2D eigenvalue weighted by Crippen LogP contribution is 2.18. The molecule has 0 unspecified atom stereocenters. The molecule has 0 aromatic carbocycles. The van der Waals surface area contributed by atoms with Crippen molar-refractivity contribution in [2.75, 3.05) is 26.7 Å². The molecule has 0 bridgehead atoms. The molecule has 1 aliphatic heterocycles. The maximum atomic E-state index is 11.9. The number of rotatable bonds is 6. The average molecular weight is 309 g/mol. The average Bonchev–Trinajstić information content (AvgIpc) is 3.10. The maximum Gasteiger partial charge on any atom is 0.223 e. The zero-order valence-corrected chi connectivity index (χ0v) is 13.3. The zero-order valence-electron chi connectivity index (χ0n) is 13.3. The van der Waals surface area contributed by atoms with E-state index < -0.39 is 0 Å². The monoisotopic (exact) mass is 309 g/mol. The summed E-state index contributed by atoms with van der Waals surface area (Å²) >= 11 is 0. The van der Waals surface area contributed by atoms with Crippen molar-refractivity contribution in [2.24, 2.45) is 0 Å². The Labute approximate surface area is 129 Å². The third kappa shape index (κ3) is 4.27. The van der Waals surface area contributed by atoms with E-state index in [0.717, 1.165) is 19.5 Å². The fraction of sp³-hybridized carbons (Fsp3) is 0.714. The number of likely N-dealkylation sites (tertiary alicyclic amines) is 1. The van der Waals surface area contributed by atoms with Crippen LogP contribution in [-0.4, -0.2) is 64.5 Å². The van der Waals surface area contributed by atoms with Gasteiger partial charge in [0.25, 0.3) is 0 Å². The van der Waals surface area contributed by atoms with E-state index in [1.54, 1.807) is 25.8 Å². The second-order valence-electron chi connectivity index (χ2n) is 5.54.